The number of carbonyl (C=O) groups excluding carboxylic acids is 4. The van der Waals surface area contributed by atoms with Crippen LogP contribution >= 0.6 is 0 Å². The SMILES string of the molecule is CC1CC(C)N(C(=O)C(NC(=O)c2nccc3ccccc23)C(C)(C)C)C1C(=O)N[C@H](C=O)CC(=O)O. The van der Waals surface area contributed by atoms with Gasteiger partial charge in [0.1, 0.15) is 24.1 Å². The highest BCUT2D eigenvalue weighted by atomic mass is 16.4. The molecule has 1 fully saturated rings. The maximum atomic E-state index is 14.0. The normalized spacial score (nSPS) is 21.2. The number of carboxylic acids is 1. The molecule has 1 saturated heterocycles. The topological polar surface area (TPSA) is 146 Å². The fourth-order valence-corrected chi connectivity index (χ4v) is 4.96. The third-order valence-electron chi connectivity index (χ3n) is 6.71. The molecule has 1 aromatic heterocycles. The van der Waals surface area contributed by atoms with Gasteiger partial charge in [-0.3, -0.25) is 24.2 Å². The van der Waals surface area contributed by atoms with Gasteiger partial charge in [0.25, 0.3) is 5.91 Å². The van der Waals surface area contributed by atoms with Crippen molar-refractivity contribution in [2.75, 3.05) is 0 Å². The average Bonchev–Trinajstić information content (AvgIpc) is 3.13. The molecular formula is C27H34N4O6. The Morgan fingerprint density at radius 3 is 2.43 bits per heavy atom. The van der Waals surface area contributed by atoms with Crippen LogP contribution in [0.2, 0.25) is 0 Å². The van der Waals surface area contributed by atoms with Crippen LogP contribution in [-0.4, -0.2) is 69.1 Å². The Hall–Kier alpha value is -3.82. The number of aromatic nitrogens is 1. The van der Waals surface area contributed by atoms with Crippen molar-refractivity contribution < 1.29 is 29.1 Å². The zero-order chi connectivity index (χ0) is 27.5. The third-order valence-corrected chi connectivity index (χ3v) is 6.71. The molecule has 0 spiro atoms. The molecule has 0 bridgehead atoms. The van der Waals surface area contributed by atoms with E-state index in [0.29, 0.717) is 18.1 Å². The molecule has 4 unspecified atom stereocenters. The molecule has 3 N–H and O–H groups in total. The van der Waals surface area contributed by atoms with Crippen molar-refractivity contribution in [2.45, 2.75) is 71.6 Å². The molecule has 2 heterocycles. The van der Waals surface area contributed by atoms with Crippen molar-refractivity contribution in [1.82, 2.24) is 20.5 Å². The van der Waals surface area contributed by atoms with Crippen LogP contribution in [0, 0.1) is 11.3 Å². The van der Waals surface area contributed by atoms with Gasteiger partial charge in [0.2, 0.25) is 11.8 Å². The summed E-state index contributed by atoms with van der Waals surface area (Å²) < 4.78 is 0. The molecule has 10 heteroatoms. The van der Waals surface area contributed by atoms with E-state index in [4.69, 9.17) is 5.11 Å². The summed E-state index contributed by atoms with van der Waals surface area (Å²) in [6, 6.07) is 5.70. The summed E-state index contributed by atoms with van der Waals surface area (Å²) in [5, 5.41) is 15.8. The van der Waals surface area contributed by atoms with E-state index in [1.165, 1.54) is 11.1 Å². The van der Waals surface area contributed by atoms with Gasteiger partial charge >= 0.3 is 5.97 Å². The molecule has 198 valence electrons. The summed E-state index contributed by atoms with van der Waals surface area (Å²) in [4.78, 5) is 68.6. The molecule has 1 aliphatic rings. The molecule has 0 aliphatic carbocycles. The lowest BCUT2D eigenvalue weighted by Gasteiger charge is -2.37. The summed E-state index contributed by atoms with van der Waals surface area (Å²) in [6.07, 6.45) is 1.88. The van der Waals surface area contributed by atoms with Gasteiger partial charge in [0, 0.05) is 17.6 Å². The molecule has 3 amide bonds. The van der Waals surface area contributed by atoms with Crippen LogP contribution in [0.5, 0.6) is 0 Å². The van der Waals surface area contributed by atoms with Crippen LogP contribution < -0.4 is 10.6 Å². The summed E-state index contributed by atoms with van der Waals surface area (Å²) in [5.41, 5.74) is -0.516. The van der Waals surface area contributed by atoms with E-state index in [-0.39, 0.29) is 17.7 Å². The number of nitrogens with zero attached hydrogens (tertiary/aromatic N) is 2. The van der Waals surface area contributed by atoms with Gasteiger partial charge in [-0.15, -0.1) is 0 Å². The number of aliphatic carboxylic acids is 1. The molecule has 5 atom stereocenters. The molecule has 3 rings (SSSR count). The maximum absolute atomic E-state index is 14.0. The lowest BCUT2D eigenvalue weighted by Crippen LogP contribution is -2.60. The fourth-order valence-electron chi connectivity index (χ4n) is 4.96. The maximum Gasteiger partial charge on any atom is 0.305 e. The number of fused-ring (bicyclic) bond motifs is 1. The van der Waals surface area contributed by atoms with Gasteiger partial charge in [-0.2, -0.15) is 0 Å². The van der Waals surface area contributed by atoms with Crippen molar-refractivity contribution in [3.63, 3.8) is 0 Å². The highest BCUT2D eigenvalue weighted by Crippen LogP contribution is 2.33. The van der Waals surface area contributed by atoms with Gasteiger partial charge in [0.05, 0.1) is 12.5 Å². The first-order chi connectivity index (χ1) is 17.3. The number of hydrogen-bond acceptors (Lipinski definition) is 6. The van der Waals surface area contributed by atoms with E-state index >= 15 is 0 Å². The predicted molar refractivity (Wildman–Crippen MR) is 137 cm³/mol. The van der Waals surface area contributed by atoms with E-state index in [9.17, 15) is 24.0 Å². The lowest BCUT2D eigenvalue weighted by molar-refractivity contribution is -0.145. The Morgan fingerprint density at radius 1 is 1.14 bits per heavy atom. The number of carboxylic acid groups (broad SMARTS) is 1. The van der Waals surface area contributed by atoms with Crippen molar-refractivity contribution in [1.29, 1.82) is 0 Å². The molecule has 1 aliphatic heterocycles. The molecule has 0 radical (unpaired) electrons. The highest BCUT2D eigenvalue weighted by Gasteiger charge is 2.48. The van der Waals surface area contributed by atoms with Crippen LogP contribution in [0.3, 0.4) is 0 Å². The summed E-state index contributed by atoms with van der Waals surface area (Å²) >= 11 is 0. The zero-order valence-electron chi connectivity index (χ0n) is 21.7. The van der Waals surface area contributed by atoms with Crippen LogP contribution in [0.25, 0.3) is 10.8 Å². The lowest BCUT2D eigenvalue weighted by atomic mass is 9.85. The number of aldehydes is 1. The standard InChI is InChI=1S/C27H34N4O6/c1-15-12-16(2)31(22(15)25(36)29-18(14-32)13-20(33)34)26(37)23(27(3,4)5)30-24(35)21-19-9-7-6-8-17(19)10-11-28-21/h6-11,14-16,18,22-23H,12-13H2,1-5H3,(H,29,36)(H,30,35)(H,33,34)/t15?,16?,18-,22?,23?/m0/s1. The number of nitrogens with one attached hydrogen (secondary N) is 2. The molecule has 10 nitrogen and oxygen atoms in total. The number of carbonyl (C=O) groups is 5. The monoisotopic (exact) mass is 510 g/mol. The second-order valence-corrected chi connectivity index (χ2v) is 10.8. The van der Waals surface area contributed by atoms with E-state index in [2.05, 4.69) is 15.6 Å². The number of benzene rings is 1. The number of rotatable bonds is 8. The fraction of sp³-hybridized carbons (Fsp3) is 0.481. The molecule has 0 saturated carbocycles. The number of likely N-dealkylation sites (tertiary alicyclic amines) is 1. The third kappa shape index (κ3) is 6.12. The van der Waals surface area contributed by atoms with Crippen molar-refractivity contribution in [3.05, 3.63) is 42.2 Å². The Balaban J connectivity index is 1.90. The van der Waals surface area contributed by atoms with Gasteiger partial charge in [-0.25, -0.2) is 0 Å². The van der Waals surface area contributed by atoms with Crippen LogP contribution in [-0.2, 0) is 19.2 Å². The Morgan fingerprint density at radius 2 is 1.81 bits per heavy atom. The van der Waals surface area contributed by atoms with Crippen LogP contribution in [0.1, 0.15) is 57.9 Å². The number of amides is 3. The molecule has 2 aromatic rings. The van der Waals surface area contributed by atoms with Crippen LogP contribution in [0.15, 0.2) is 36.5 Å². The van der Waals surface area contributed by atoms with Gasteiger partial charge in [-0.1, -0.05) is 52.0 Å². The Labute approximate surface area is 215 Å². The Bertz CT molecular complexity index is 1200. The van der Waals surface area contributed by atoms with Gasteiger partial charge in [-0.05, 0) is 36.1 Å². The minimum Gasteiger partial charge on any atom is -0.481 e. The largest absolute Gasteiger partial charge is 0.481 e. The molecular weight excluding hydrogens is 476 g/mol. The smallest absolute Gasteiger partial charge is 0.305 e. The quantitative estimate of drug-likeness (QED) is 0.461. The summed E-state index contributed by atoms with van der Waals surface area (Å²) in [6.45, 7) is 9.11. The van der Waals surface area contributed by atoms with Crippen molar-refractivity contribution >= 4 is 40.7 Å². The second-order valence-electron chi connectivity index (χ2n) is 10.8. The minimum absolute atomic E-state index is 0.194. The zero-order valence-corrected chi connectivity index (χ0v) is 21.7. The summed E-state index contributed by atoms with van der Waals surface area (Å²) in [7, 11) is 0. The van der Waals surface area contributed by atoms with E-state index in [1.807, 2.05) is 46.8 Å². The molecule has 1 aromatic carbocycles. The minimum atomic E-state index is -1.23. The van der Waals surface area contributed by atoms with E-state index < -0.39 is 53.7 Å². The number of hydrogen-bond donors (Lipinski definition) is 3. The second kappa shape index (κ2) is 11.1. The predicted octanol–water partition coefficient (Wildman–Crippen LogP) is 2.16. The highest BCUT2D eigenvalue weighted by molar-refractivity contribution is 6.06. The Kier molecular flexibility index (Phi) is 8.30. The average molecular weight is 511 g/mol. The van der Waals surface area contributed by atoms with Gasteiger partial charge in [0.15, 0.2) is 0 Å². The van der Waals surface area contributed by atoms with E-state index in [0.717, 1.165) is 5.39 Å². The van der Waals surface area contributed by atoms with Gasteiger partial charge < -0.3 is 25.4 Å². The first kappa shape index (κ1) is 27.8. The first-order valence-corrected chi connectivity index (χ1v) is 12.3. The van der Waals surface area contributed by atoms with E-state index in [1.54, 1.807) is 18.2 Å². The summed E-state index contributed by atoms with van der Waals surface area (Å²) in [5.74, 6) is -3.01. The van der Waals surface area contributed by atoms with Crippen molar-refractivity contribution in [2.24, 2.45) is 11.3 Å². The van der Waals surface area contributed by atoms with Crippen LogP contribution in [0.4, 0.5) is 0 Å². The molecule has 37 heavy (non-hydrogen) atoms. The number of pyridine rings is 1. The van der Waals surface area contributed by atoms with Crippen molar-refractivity contribution in [3.8, 4) is 0 Å². The first-order valence-electron chi connectivity index (χ1n) is 12.3.